The van der Waals surface area contributed by atoms with Gasteiger partial charge in [0.15, 0.2) is 5.78 Å². The van der Waals surface area contributed by atoms with Crippen molar-refractivity contribution in [2.75, 3.05) is 33.3 Å². The molecule has 5 nitrogen and oxygen atoms in total. The van der Waals surface area contributed by atoms with Crippen molar-refractivity contribution in [1.29, 1.82) is 0 Å². The Bertz CT molecular complexity index is 816. The molecule has 2 heterocycles. The van der Waals surface area contributed by atoms with Crippen LogP contribution in [0.25, 0.3) is 0 Å². The average Bonchev–Trinajstić information content (AvgIpc) is 2.80. The number of piperidine rings is 2. The molecule has 30 heavy (non-hydrogen) atoms. The molecule has 2 aromatic carbocycles. The predicted octanol–water partition coefficient (Wildman–Crippen LogP) is 3.23. The second-order valence-electron chi connectivity index (χ2n) is 8.55. The third-order valence-corrected chi connectivity index (χ3v) is 6.62. The number of ketones is 1. The van der Waals surface area contributed by atoms with E-state index in [0.29, 0.717) is 6.54 Å². The highest BCUT2D eigenvalue weighted by atomic mass is 16.5. The molecular formula is C25H32N2O3. The highest BCUT2D eigenvalue weighted by molar-refractivity contribution is 5.98. The second-order valence-corrected chi connectivity index (χ2v) is 8.55. The number of rotatable bonds is 6. The lowest BCUT2D eigenvalue weighted by Gasteiger charge is -2.44. The molecule has 5 heteroatoms. The third kappa shape index (κ3) is 4.91. The molecule has 2 fully saturated rings. The Hall–Kier alpha value is -2.21. The van der Waals surface area contributed by atoms with Crippen LogP contribution in [0.15, 0.2) is 54.6 Å². The van der Waals surface area contributed by atoms with E-state index < -0.39 is 0 Å². The summed E-state index contributed by atoms with van der Waals surface area (Å²) in [4.78, 5) is 17.6. The fraction of sp³-hybridized carbons (Fsp3) is 0.480. The highest BCUT2D eigenvalue weighted by Gasteiger charge is 2.35. The normalized spacial score (nSPS) is 23.9. The second kappa shape index (κ2) is 9.73. The fourth-order valence-electron chi connectivity index (χ4n) is 4.88. The molecule has 1 N–H and O–H groups in total. The monoisotopic (exact) mass is 408 g/mol. The minimum atomic E-state index is -0.337. The number of β-amino-alcohol motifs (C(OH)–C–C–N with tert-alkyl or cyclic N) is 1. The van der Waals surface area contributed by atoms with Gasteiger partial charge in [0.1, 0.15) is 5.75 Å². The Morgan fingerprint density at radius 1 is 1.00 bits per heavy atom. The van der Waals surface area contributed by atoms with E-state index in [0.717, 1.165) is 56.8 Å². The van der Waals surface area contributed by atoms with Crippen molar-refractivity contribution in [3.8, 4) is 5.75 Å². The summed E-state index contributed by atoms with van der Waals surface area (Å²) in [5, 5.41) is 10.8. The summed E-state index contributed by atoms with van der Waals surface area (Å²) in [6.07, 6.45) is 2.37. The van der Waals surface area contributed by atoms with E-state index in [1.807, 2.05) is 30.3 Å². The van der Waals surface area contributed by atoms with Crippen molar-refractivity contribution in [2.45, 2.75) is 38.0 Å². The number of methoxy groups -OCH3 is 1. The molecule has 2 atom stereocenters. The summed E-state index contributed by atoms with van der Waals surface area (Å²) in [6, 6.07) is 18.1. The minimum absolute atomic E-state index is 0.0740. The molecule has 0 bridgehead atoms. The zero-order chi connectivity index (χ0) is 20.9. The van der Waals surface area contributed by atoms with Gasteiger partial charge in [0, 0.05) is 37.2 Å². The number of Topliss-reactive ketones (excluding diaryl/α,β-unsaturated/α-hetero) is 1. The van der Waals surface area contributed by atoms with Gasteiger partial charge in [-0.3, -0.25) is 14.6 Å². The molecule has 2 aliphatic heterocycles. The number of carbonyl (C=O) groups excluding carboxylic acids is 1. The number of likely N-dealkylation sites (tertiary alicyclic amines) is 2. The van der Waals surface area contributed by atoms with Crippen LogP contribution in [-0.4, -0.2) is 66.1 Å². The molecule has 0 radical (unpaired) electrons. The van der Waals surface area contributed by atoms with E-state index >= 15 is 0 Å². The minimum Gasteiger partial charge on any atom is -0.497 e. The van der Waals surface area contributed by atoms with E-state index in [9.17, 15) is 9.90 Å². The lowest BCUT2D eigenvalue weighted by atomic mass is 9.87. The van der Waals surface area contributed by atoms with Gasteiger partial charge in [-0.2, -0.15) is 0 Å². The van der Waals surface area contributed by atoms with Crippen LogP contribution < -0.4 is 4.74 Å². The van der Waals surface area contributed by atoms with Crippen LogP contribution in [0, 0.1) is 5.92 Å². The maximum absolute atomic E-state index is 12.8. The molecule has 0 aliphatic carbocycles. The molecule has 0 amide bonds. The van der Waals surface area contributed by atoms with Gasteiger partial charge in [-0.15, -0.1) is 0 Å². The summed E-state index contributed by atoms with van der Waals surface area (Å²) in [5.74, 6) is 1.08. The van der Waals surface area contributed by atoms with Gasteiger partial charge in [0.25, 0.3) is 0 Å². The number of hydrogen-bond acceptors (Lipinski definition) is 5. The summed E-state index contributed by atoms with van der Waals surface area (Å²) in [7, 11) is 1.63. The molecule has 4 rings (SSSR count). The number of benzene rings is 2. The Morgan fingerprint density at radius 2 is 1.70 bits per heavy atom. The first-order valence-electron chi connectivity index (χ1n) is 11.0. The maximum atomic E-state index is 12.8. The van der Waals surface area contributed by atoms with Crippen LogP contribution in [0.4, 0.5) is 0 Å². The first-order valence-corrected chi connectivity index (χ1v) is 11.0. The molecule has 2 aliphatic rings. The Kier molecular flexibility index (Phi) is 6.82. The van der Waals surface area contributed by atoms with E-state index in [1.54, 1.807) is 7.11 Å². The third-order valence-electron chi connectivity index (χ3n) is 6.62. The standard InChI is InChI=1S/C25H32N2O3/c1-30-22-9-7-20(8-10-22)25(29)21-11-15-27(16-12-21)23-13-14-26(18-24(23)28)17-19-5-3-2-4-6-19/h2-10,21,23-24,28H,11-18H2,1H3. The average molecular weight is 409 g/mol. The topological polar surface area (TPSA) is 53.0 Å². The zero-order valence-electron chi connectivity index (χ0n) is 17.7. The molecule has 0 saturated carbocycles. The van der Waals surface area contributed by atoms with Crippen LogP contribution in [-0.2, 0) is 6.54 Å². The van der Waals surface area contributed by atoms with Gasteiger partial charge in [0.2, 0.25) is 0 Å². The Balaban J connectivity index is 1.27. The number of aliphatic hydroxyl groups excluding tert-OH is 1. The molecule has 2 saturated heterocycles. The Morgan fingerprint density at radius 3 is 2.33 bits per heavy atom. The smallest absolute Gasteiger partial charge is 0.166 e. The lowest BCUT2D eigenvalue weighted by molar-refractivity contribution is -0.0251. The van der Waals surface area contributed by atoms with Gasteiger partial charge >= 0.3 is 0 Å². The number of ether oxygens (including phenoxy) is 1. The van der Waals surface area contributed by atoms with Crippen molar-refractivity contribution in [3.05, 3.63) is 65.7 Å². The fourth-order valence-corrected chi connectivity index (χ4v) is 4.88. The largest absolute Gasteiger partial charge is 0.497 e. The van der Waals surface area contributed by atoms with E-state index in [1.165, 1.54) is 5.56 Å². The van der Waals surface area contributed by atoms with Crippen LogP contribution in [0.2, 0.25) is 0 Å². The predicted molar refractivity (Wildman–Crippen MR) is 118 cm³/mol. The van der Waals surface area contributed by atoms with Crippen molar-refractivity contribution < 1.29 is 14.6 Å². The van der Waals surface area contributed by atoms with Crippen molar-refractivity contribution >= 4 is 5.78 Å². The van der Waals surface area contributed by atoms with Crippen molar-refractivity contribution in [3.63, 3.8) is 0 Å². The quantitative estimate of drug-likeness (QED) is 0.744. The molecular weight excluding hydrogens is 376 g/mol. The molecule has 160 valence electrons. The van der Waals surface area contributed by atoms with E-state index in [2.05, 4.69) is 34.1 Å². The highest BCUT2D eigenvalue weighted by Crippen LogP contribution is 2.27. The number of nitrogens with zero attached hydrogens (tertiary/aromatic N) is 2. The summed E-state index contributed by atoms with van der Waals surface area (Å²) >= 11 is 0. The molecule has 2 aromatic rings. The first kappa shape index (κ1) is 21.0. The van der Waals surface area contributed by atoms with Gasteiger partial charge in [-0.05, 0) is 62.2 Å². The lowest BCUT2D eigenvalue weighted by Crippen LogP contribution is -2.55. The summed E-state index contributed by atoms with van der Waals surface area (Å²) in [5.41, 5.74) is 2.06. The van der Waals surface area contributed by atoms with Crippen LogP contribution in [0.3, 0.4) is 0 Å². The first-order chi connectivity index (χ1) is 14.6. The van der Waals surface area contributed by atoms with Gasteiger partial charge in [-0.25, -0.2) is 0 Å². The van der Waals surface area contributed by atoms with E-state index in [-0.39, 0.29) is 23.8 Å². The summed E-state index contributed by atoms with van der Waals surface area (Å²) < 4.78 is 5.18. The van der Waals surface area contributed by atoms with Crippen molar-refractivity contribution in [1.82, 2.24) is 9.80 Å². The number of hydrogen-bond donors (Lipinski definition) is 1. The van der Waals surface area contributed by atoms with Gasteiger partial charge in [-0.1, -0.05) is 30.3 Å². The SMILES string of the molecule is COc1ccc(C(=O)C2CCN(C3CCN(Cc4ccccc4)CC3O)CC2)cc1. The van der Waals surface area contributed by atoms with E-state index in [4.69, 9.17) is 4.74 Å². The van der Waals surface area contributed by atoms with Gasteiger partial charge in [0.05, 0.1) is 13.2 Å². The summed E-state index contributed by atoms with van der Waals surface area (Å²) in [6.45, 7) is 4.37. The van der Waals surface area contributed by atoms with Crippen LogP contribution in [0.5, 0.6) is 5.75 Å². The van der Waals surface area contributed by atoms with Crippen LogP contribution >= 0.6 is 0 Å². The molecule has 2 unspecified atom stereocenters. The Labute approximate surface area is 179 Å². The molecule has 0 aromatic heterocycles. The maximum Gasteiger partial charge on any atom is 0.166 e. The van der Waals surface area contributed by atoms with Gasteiger partial charge < -0.3 is 9.84 Å². The molecule has 0 spiro atoms. The number of carbonyl (C=O) groups is 1. The zero-order valence-corrected chi connectivity index (χ0v) is 17.7. The van der Waals surface area contributed by atoms with Crippen LogP contribution in [0.1, 0.15) is 35.2 Å². The van der Waals surface area contributed by atoms with Crippen molar-refractivity contribution in [2.24, 2.45) is 5.92 Å². The number of aliphatic hydroxyl groups is 1.